The fraction of sp³-hybridized carbons (Fsp3) is 0.524. The van der Waals surface area contributed by atoms with Crippen LogP contribution in [-0.2, 0) is 25.7 Å². The van der Waals surface area contributed by atoms with Crippen molar-refractivity contribution in [2.45, 2.75) is 58.2 Å². The van der Waals surface area contributed by atoms with Crippen molar-refractivity contribution in [1.82, 2.24) is 10.2 Å². The Hall–Kier alpha value is -2.50. The molecule has 1 heterocycles. The van der Waals surface area contributed by atoms with E-state index < -0.39 is 17.7 Å². The van der Waals surface area contributed by atoms with Gasteiger partial charge >= 0.3 is 0 Å². The summed E-state index contributed by atoms with van der Waals surface area (Å²) < 4.78 is 0. The van der Waals surface area contributed by atoms with Gasteiger partial charge in [-0.15, -0.1) is 0 Å². The topological polar surface area (TPSA) is 83.5 Å². The average molecular weight is 370 g/mol. The molecule has 1 aromatic rings. The van der Waals surface area contributed by atoms with E-state index in [1.54, 1.807) is 0 Å². The minimum absolute atomic E-state index is 0.00988. The molecule has 0 aromatic heterocycles. The van der Waals surface area contributed by atoms with Crippen LogP contribution < -0.4 is 5.32 Å². The fourth-order valence-electron chi connectivity index (χ4n) is 3.83. The Bertz CT molecular complexity index is 738. The van der Waals surface area contributed by atoms with Gasteiger partial charge in [0, 0.05) is 30.8 Å². The first kappa shape index (κ1) is 19.3. The summed E-state index contributed by atoms with van der Waals surface area (Å²) in [6, 6.07) is 8.61. The second kappa shape index (κ2) is 8.03. The van der Waals surface area contributed by atoms with Crippen molar-refractivity contribution in [3.05, 3.63) is 35.9 Å². The number of nitrogens with one attached hydrogen (secondary N) is 1. The van der Waals surface area contributed by atoms with E-state index in [1.807, 2.05) is 44.2 Å². The van der Waals surface area contributed by atoms with Gasteiger partial charge in [0.05, 0.1) is 0 Å². The Labute approximate surface area is 159 Å². The summed E-state index contributed by atoms with van der Waals surface area (Å²) in [4.78, 5) is 50.6. The molecule has 27 heavy (non-hydrogen) atoms. The lowest BCUT2D eigenvalue weighted by Crippen LogP contribution is -2.52. The summed E-state index contributed by atoms with van der Waals surface area (Å²) >= 11 is 0. The molecule has 1 saturated carbocycles. The molecule has 1 saturated heterocycles. The van der Waals surface area contributed by atoms with Gasteiger partial charge in [0.2, 0.25) is 11.7 Å². The molecule has 0 unspecified atom stereocenters. The molecule has 1 N–H and O–H groups in total. The molecule has 6 heteroatoms. The highest BCUT2D eigenvalue weighted by atomic mass is 16.2. The zero-order valence-corrected chi connectivity index (χ0v) is 15.8. The van der Waals surface area contributed by atoms with Crippen molar-refractivity contribution < 1.29 is 19.2 Å². The van der Waals surface area contributed by atoms with Crippen LogP contribution in [0.15, 0.2) is 30.3 Å². The molecule has 144 valence electrons. The summed E-state index contributed by atoms with van der Waals surface area (Å²) in [5, 5.41) is 2.74. The number of nitrogens with zero attached hydrogens (tertiary/aromatic N) is 1. The number of amides is 2. The number of ketones is 2. The molecule has 1 aliphatic carbocycles. The molecule has 1 aliphatic heterocycles. The summed E-state index contributed by atoms with van der Waals surface area (Å²) in [6.45, 7) is 4.07. The van der Waals surface area contributed by atoms with Crippen LogP contribution in [0.1, 0.15) is 45.1 Å². The van der Waals surface area contributed by atoms with Crippen LogP contribution in [0, 0.1) is 11.8 Å². The van der Waals surface area contributed by atoms with Gasteiger partial charge in [-0.3, -0.25) is 19.2 Å². The second-order valence-electron chi connectivity index (χ2n) is 7.82. The maximum Gasteiger partial charge on any atom is 0.289 e. The third kappa shape index (κ3) is 4.26. The van der Waals surface area contributed by atoms with Crippen molar-refractivity contribution in [3.8, 4) is 0 Å². The normalized spacial score (nSPS) is 24.6. The van der Waals surface area contributed by atoms with Crippen molar-refractivity contribution >= 4 is 23.4 Å². The molecule has 2 aliphatic rings. The highest BCUT2D eigenvalue weighted by Gasteiger charge is 2.41. The predicted octanol–water partition coefficient (Wildman–Crippen LogP) is 1.87. The second-order valence-corrected chi connectivity index (χ2v) is 7.82. The third-order valence-corrected chi connectivity index (χ3v) is 5.50. The molecular weight excluding hydrogens is 344 g/mol. The number of hydrogen-bond acceptors (Lipinski definition) is 4. The zero-order valence-electron chi connectivity index (χ0n) is 15.8. The van der Waals surface area contributed by atoms with Gasteiger partial charge in [0.25, 0.3) is 5.91 Å². The maximum absolute atomic E-state index is 12.6. The predicted molar refractivity (Wildman–Crippen MR) is 99.5 cm³/mol. The van der Waals surface area contributed by atoms with E-state index >= 15 is 0 Å². The molecule has 0 radical (unpaired) electrons. The molecular formula is C21H26N2O4. The number of rotatable bonds is 7. The quantitative estimate of drug-likeness (QED) is 0.743. The van der Waals surface area contributed by atoms with E-state index in [0.717, 1.165) is 5.56 Å². The Morgan fingerprint density at radius 1 is 1.15 bits per heavy atom. The molecule has 3 rings (SSSR count). The largest absolute Gasteiger partial charge is 0.347 e. The van der Waals surface area contributed by atoms with E-state index in [1.165, 1.54) is 4.90 Å². The maximum atomic E-state index is 12.6. The average Bonchev–Trinajstić information content (AvgIpc) is 2.97. The van der Waals surface area contributed by atoms with E-state index in [2.05, 4.69) is 5.32 Å². The van der Waals surface area contributed by atoms with Gasteiger partial charge in [-0.1, -0.05) is 44.2 Å². The standard InChI is InChI=1S/C21H26N2O4/c1-13(2)19(25)15-10-16(11-15)22-21(27)20(26)17-8-9-18(24)23(17)12-14-6-4-3-5-7-14/h3-7,13,15-17H,8-12H2,1-2H3,(H,22,27)/t15?,16?,17-/m1/s1. The fourth-order valence-corrected chi connectivity index (χ4v) is 3.83. The highest BCUT2D eigenvalue weighted by molar-refractivity contribution is 6.38. The highest BCUT2D eigenvalue weighted by Crippen LogP contribution is 2.30. The number of carbonyl (C=O) groups is 4. The summed E-state index contributed by atoms with van der Waals surface area (Å²) in [5.41, 5.74) is 0.931. The van der Waals surface area contributed by atoms with E-state index in [0.29, 0.717) is 25.8 Å². The van der Waals surface area contributed by atoms with Crippen molar-refractivity contribution in [1.29, 1.82) is 0 Å². The van der Waals surface area contributed by atoms with Gasteiger partial charge in [-0.2, -0.15) is 0 Å². The molecule has 6 nitrogen and oxygen atoms in total. The third-order valence-electron chi connectivity index (χ3n) is 5.50. The van der Waals surface area contributed by atoms with Gasteiger partial charge in [0.15, 0.2) is 0 Å². The van der Waals surface area contributed by atoms with E-state index in [9.17, 15) is 19.2 Å². The van der Waals surface area contributed by atoms with Crippen molar-refractivity contribution in [3.63, 3.8) is 0 Å². The molecule has 2 amide bonds. The van der Waals surface area contributed by atoms with Crippen molar-refractivity contribution in [2.75, 3.05) is 0 Å². The molecule has 0 bridgehead atoms. The molecule has 2 fully saturated rings. The summed E-state index contributed by atoms with van der Waals surface area (Å²) in [7, 11) is 0. The van der Waals surface area contributed by atoms with Gasteiger partial charge in [0.1, 0.15) is 11.8 Å². The summed E-state index contributed by atoms with van der Waals surface area (Å²) in [6.07, 6.45) is 1.84. The van der Waals surface area contributed by atoms with Crippen molar-refractivity contribution in [2.24, 2.45) is 11.8 Å². The van der Waals surface area contributed by atoms with Gasteiger partial charge in [-0.05, 0) is 24.8 Å². The van der Waals surface area contributed by atoms with Gasteiger partial charge in [-0.25, -0.2) is 0 Å². The van der Waals surface area contributed by atoms with Crippen LogP contribution >= 0.6 is 0 Å². The monoisotopic (exact) mass is 370 g/mol. The van der Waals surface area contributed by atoms with Crippen LogP contribution in [0.3, 0.4) is 0 Å². The first-order valence-electron chi connectivity index (χ1n) is 9.58. The Kier molecular flexibility index (Phi) is 5.73. The SMILES string of the molecule is CC(C)C(=O)C1CC(NC(=O)C(=O)[C@H]2CCC(=O)N2Cc2ccccc2)C1. The van der Waals surface area contributed by atoms with Crippen LogP contribution in [0.4, 0.5) is 0 Å². The molecule has 0 spiro atoms. The van der Waals surface area contributed by atoms with E-state index in [4.69, 9.17) is 0 Å². The first-order chi connectivity index (χ1) is 12.9. The van der Waals surface area contributed by atoms with Crippen LogP contribution in [-0.4, -0.2) is 40.4 Å². The Morgan fingerprint density at radius 2 is 1.81 bits per heavy atom. The first-order valence-corrected chi connectivity index (χ1v) is 9.58. The summed E-state index contributed by atoms with van der Waals surface area (Å²) in [5.74, 6) is -1.13. The number of hydrogen-bond donors (Lipinski definition) is 1. The number of likely N-dealkylation sites (tertiary alicyclic amines) is 1. The van der Waals surface area contributed by atoms with Crippen LogP contribution in [0.5, 0.6) is 0 Å². The lowest BCUT2D eigenvalue weighted by Gasteiger charge is -2.35. The lowest BCUT2D eigenvalue weighted by molar-refractivity contribution is -0.144. The Balaban J connectivity index is 1.55. The number of carbonyl (C=O) groups excluding carboxylic acids is 4. The Morgan fingerprint density at radius 3 is 2.44 bits per heavy atom. The minimum Gasteiger partial charge on any atom is -0.347 e. The number of Topliss-reactive ketones (excluding diaryl/α,β-unsaturated/α-hetero) is 2. The van der Waals surface area contributed by atoms with E-state index in [-0.39, 0.29) is 36.0 Å². The molecule has 1 atom stereocenters. The number of benzene rings is 1. The van der Waals surface area contributed by atoms with Crippen LogP contribution in [0.25, 0.3) is 0 Å². The zero-order chi connectivity index (χ0) is 19.6. The lowest BCUT2D eigenvalue weighted by atomic mass is 9.75. The van der Waals surface area contributed by atoms with Gasteiger partial charge < -0.3 is 10.2 Å². The smallest absolute Gasteiger partial charge is 0.289 e. The minimum atomic E-state index is -0.703. The molecule has 1 aromatic carbocycles. The van der Waals surface area contributed by atoms with Crippen LogP contribution in [0.2, 0.25) is 0 Å².